The van der Waals surface area contributed by atoms with Gasteiger partial charge >= 0.3 is 0 Å². The summed E-state index contributed by atoms with van der Waals surface area (Å²) in [4.78, 5) is 26.9. The quantitative estimate of drug-likeness (QED) is 0.837. The molecule has 1 aliphatic heterocycles. The highest BCUT2D eigenvalue weighted by Crippen LogP contribution is 2.36. The molecule has 5 nitrogen and oxygen atoms in total. The molecule has 110 valence electrons. The van der Waals surface area contributed by atoms with Crippen molar-refractivity contribution < 1.29 is 14.3 Å². The van der Waals surface area contributed by atoms with E-state index in [4.69, 9.17) is 27.9 Å². The van der Waals surface area contributed by atoms with E-state index in [1.807, 2.05) is 0 Å². The van der Waals surface area contributed by atoms with Crippen LogP contribution in [0.5, 0.6) is 5.75 Å². The van der Waals surface area contributed by atoms with E-state index in [1.165, 1.54) is 14.0 Å². The van der Waals surface area contributed by atoms with E-state index < -0.39 is 5.91 Å². The van der Waals surface area contributed by atoms with Gasteiger partial charge in [-0.3, -0.25) is 9.59 Å². The second kappa shape index (κ2) is 6.51. The lowest BCUT2D eigenvalue weighted by molar-refractivity contribution is -0.117. The van der Waals surface area contributed by atoms with Gasteiger partial charge in [-0.1, -0.05) is 23.2 Å². The number of hydrogen-bond acceptors (Lipinski definition) is 4. The third-order valence-electron chi connectivity index (χ3n) is 2.43. The minimum atomic E-state index is -0.443. The molecule has 1 N–H and O–H groups in total. The molecular weight excluding hydrogens is 335 g/mol. The fourth-order valence-electron chi connectivity index (χ4n) is 1.66. The molecule has 0 aromatic heterocycles. The summed E-state index contributed by atoms with van der Waals surface area (Å²) in [6.45, 7) is 1.34. The predicted molar refractivity (Wildman–Crippen MR) is 84.8 cm³/mol. The molecule has 2 amide bonds. The average molecular weight is 345 g/mol. The van der Waals surface area contributed by atoms with Crippen molar-refractivity contribution in [1.82, 2.24) is 5.32 Å². The molecule has 1 aromatic carbocycles. The lowest BCUT2D eigenvalue weighted by Crippen LogP contribution is -2.23. The van der Waals surface area contributed by atoms with Gasteiger partial charge in [-0.15, -0.1) is 0 Å². The molecule has 0 saturated heterocycles. The van der Waals surface area contributed by atoms with Crippen LogP contribution in [0.3, 0.4) is 0 Å². The summed E-state index contributed by atoms with van der Waals surface area (Å²) in [6, 6.07) is 3.18. The molecule has 0 unspecified atom stereocenters. The first-order valence-electron chi connectivity index (χ1n) is 5.74. The van der Waals surface area contributed by atoms with Crippen LogP contribution in [0.15, 0.2) is 22.0 Å². The van der Waals surface area contributed by atoms with E-state index in [0.29, 0.717) is 26.3 Å². The molecule has 0 spiro atoms. The van der Waals surface area contributed by atoms with Gasteiger partial charge in [-0.05, 0) is 30.0 Å². The van der Waals surface area contributed by atoms with E-state index in [9.17, 15) is 9.59 Å². The number of amides is 2. The van der Waals surface area contributed by atoms with Gasteiger partial charge in [-0.2, -0.15) is 4.99 Å². The Bertz CT molecular complexity index is 686. The molecule has 0 aliphatic carbocycles. The number of hydrogen-bond donors (Lipinski definition) is 1. The molecule has 8 heteroatoms. The van der Waals surface area contributed by atoms with Gasteiger partial charge < -0.3 is 10.1 Å². The standard InChI is InChI=1S/C13H10Cl2N2O3S/c1-6(18)16-13-17-12(19)10(21-13)4-7-3-8(14)5-9(15)11(7)20-2/h3-5H,1-2H3,(H,16,17,18,19)/b10-4+. The van der Waals surface area contributed by atoms with Crippen molar-refractivity contribution in [2.24, 2.45) is 4.99 Å². The van der Waals surface area contributed by atoms with Crippen LogP contribution in [0.1, 0.15) is 12.5 Å². The number of carbonyl (C=O) groups excluding carboxylic acids is 2. The van der Waals surface area contributed by atoms with Gasteiger partial charge in [0.05, 0.1) is 17.0 Å². The number of nitrogens with one attached hydrogen (secondary N) is 1. The first-order valence-corrected chi connectivity index (χ1v) is 7.31. The van der Waals surface area contributed by atoms with Crippen molar-refractivity contribution in [3.05, 3.63) is 32.6 Å². The summed E-state index contributed by atoms with van der Waals surface area (Å²) in [5.74, 6) is -0.324. The zero-order chi connectivity index (χ0) is 15.6. The third kappa shape index (κ3) is 3.78. The van der Waals surface area contributed by atoms with Crippen molar-refractivity contribution in [1.29, 1.82) is 0 Å². The number of benzene rings is 1. The molecule has 0 bridgehead atoms. The summed E-state index contributed by atoms with van der Waals surface area (Å²) in [5, 5.41) is 3.47. The Morgan fingerprint density at radius 2 is 2.14 bits per heavy atom. The molecule has 0 saturated carbocycles. The number of thioether (sulfide) groups is 1. The highest BCUT2D eigenvalue weighted by Gasteiger charge is 2.23. The van der Waals surface area contributed by atoms with Crippen LogP contribution in [0, 0.1) is 0 Å². The zero-order valence-corrected chi connectivity index (χ0v) is 13.4. The van der Waals surface area contributed by atoms with Crippen molar-refractivity contribution in [2.45, 2.75) is 6.92 Å². The van der Waals surface area contributed by atoms with Gasteiger partial charge in [0.2, 0.25) is 5.91 Å². The fraction of sp³-hybridized carbons (Fsp3) is 0.154. The Morgan fingerprint density at radius 3 is 2.76 bits per heavy atom. The normalized spacial score (nSPS) is 16.1. The van der Waals surface area contributed by atoms with Gasteiger partial charge in [0.15, 0.2) is 5.17 Å². The molecule has 2 rings (SSSR count). The number of rotatable bonds is 2. The van der Waals surface area contributed by atoms with Crippen LogP contribution >= 0.6 is 35.0 Å². The van der Waals surface area contributed by atoms with Crippen LogP contribution in [0.4, 0.5) is 0 Å². The summed E-state index contributed by atoms with van der Waals surface area (Å²) >= 11 is 13.1. The maximum absolute atomic E-state index is 11.8. The van der Waals surface area contributed by atoms with Crippen LogP contribution < -0.4 is 10.1 Å². The van der Waals surface area contributed by atoms with Crippen molar-refractivity contribution >= 4 is 58.0 Å². The second-order valence-electron chi connectivity index (χ2n) is 4.02. The molecule has 21 heavy (non-hydrogen) atoms. The van der Waals surface area contributed by atoms with E-state index in [0.717, 1.165) is 11.8 Å². The highest BCUT2D eigenvalue weighted by atomic mass is 35.5. The number of carbonyl (C=O) groups is 2. The van der Waals surface area contributed by atoms with Crippen LogP contribution in [0.25, 0.3) is 6.08 Å². The van der Waals surface area contributed by atoms with Gasteiger partial charge in [-0.25, -0.2) is 0 Å². The smallest absolute Gasteiger partial charge is 0.286 e. The maximum Gasteiger partial charge on any atom is 0.286 e. The van der Waals surface area contributed by atoms with E-state index in [2.05, 4.69) is 10.3 Å². The first kappa shape index (κ1) is 15.9. The number of aliphatic imine (C=N–C) groups is 1. The molecule has 1 heterocycles. The number of amidine groups is 1. The zero-order valence-electron chi connectivity index (χ0n) is 11.1. The van der Waals surface area contributed by atoms with E-state index in [1.54, 1.807) is 18.2 Å². The summed E-state index contributed by atoms with van der Waals surface area (Å²) < 4.78 is 5.21. The molecule has 1 aromatic rings. The van der Waals surface area contributed by atoms with Crippen LogP contribution in [-0.4, -0.2) is 24.1 Å². The molecule has 1 aliphatic rings. The number of ether oxygens (including phenoxy) is 1. The minimum absolute atomic E-state index is 0.242. The van der Waals surface area contributed by atoms with E-state index >= 15 is 0 Å². The predicted octanol–water partition coefficient (Wildman–Crippen LogP) is 3.11. The van der Waals surface area contributed by atoms with Crippen LogP contribution in [0.2, 0.25) is 10.0 Å². The highest BCUT2D eigenvalue weighted by molar-refractivity contribution is 8.18. The van der Waals surface area contributed by atoms with Crippen LogP contribution in [-0.2, 0) is 9.59 Å². The minimum Gasteiger partial charge on any atom is -0.495 e. The lowest BCUT2D eigenvalue weighted by Gasteiger charge is -2.08. The number of halogens is 2. The monoisotopic (exact) mass is 344 g/mol. The van der Waals surface area contributed by atoms with Gasteiger partial charge in [0, 0.05) is 17.5 Å². The van der Waals surface area contributed by atoms with Crippen molar-refractivity contribution in [3.63, 3.8) is 0 Å². The lowest BCUT2D eigenvalue weighted by atomic mass is 10.2. The molecular formula is C13H10Cl2N2O3S. The van der Waals surface area contributed by atoms with Crippen molar-refractivity contribution in [2.75, 3.05) is 7.11 Å². The second-order valence-corrected chi connectivity index (χ2v) is 5.90. The summed E-state index contributed by atoms with van der Waals surface area (Å²) in [6.07, 6.45) is 1.57. The summed E-state index contributed by atoms with van der Waals surface area (Å²) in [5.41, 5.74) is 0.560. The SMILES string of the molecule is COc1c(Cl)cc(Cl)cc1/C=C1/SC(NC(C)=O)=NC1=O. The Labute approximate surface area is 135 Å². The maximum atomic E-state index is 11.8. The number of methoxy groups -OCH3 is 1. The first-order chi connectivity index (χ1) is 9.90. The Morgan fingerprint density at radius 1 is 1.43 bits per heavy atom. The number of nitrogens with zero attached hydrogens (tertiary/aromatic N) is 1. The molecule has 0 fully saturated rings. The van der Waals surface area contributed by atoms with Gasteiger partial charge in [0.25, 0.3) is 5.91 Å². The fourth-order valence-corrected chi connectivity index (χ4v) is 3.09. The Hall–Kier alpha value is -1.50. The molecule has 0 radical (unpaired) electrons. The summed E-state index contributed by atoms with van der Waals surface area (Å²) in [7, 11) is 1.47. The Kier molecular flexibility index (Phi) is 4.92. The topological polar surface area (TPSA) is 67.8 Å². The van der Waals surface area contributed by atoms with Crippen molar-refractivity contribution in [3.8, 4) is 5.75 Å². The third-order valence-corrected chi connectivity index (χ3v) is 3.83. The van der Waals surface area contributed by atoms with Gasteiger partial charge in [0.1, 0.15) is 5.75 Å². The Balaban J connectivity index is 2.34. The largest absolute Gasteiger partial charge is 0.495 e. The molecule has 0 atom stereocenters. The van der Waals surface area contributed by atoms with E-state index in [-0.39, 0.29) is 11.1 Å². The average Bonchev–Trinajstić information content (AvgIpc) is 2.68.